The van der Waals surface area contributed by atoms with Gasteiger partial charge in [-0.25, -0.2) is 0 Å². The van der Waals surface area contributed by atoms with E-state index in [1.54, 1.807) is 4.90 Å². The molecule has 1 aromatic rings. The van der Waals surface area contributed by atoms with Gasteiger partial charge in [-0.1, -0.05) is 0 Å². The van der Waals surface area contributed by atoms with Crippen LogP contribution in [-0.2, 0) is 0 Å². The topological polar surface area (TPSA) is 105 Å². The number of nitrogens with zero attached hydrogens (tertiary/aromatic N) is 2. The average Bonchev–Trinajstić information content (AvgIpc) is 2.89. The van der Waals surface area contributed by atoms with Crippen molar-refractivity contribution in [2.24, 2.45) is 5.73 Å². The lowest BCUT2D eigenvalue weighted by molar-refractivity contribution is -0.384. The van der Waals surface area contributed by atoms with Crippen LogP contribution in [0.25, 0.3) is 0 Å². The minimum atomic E-state index is -0.513. The monoisotopic (exact) mass is 266 g/mol. The Morgan fingerprint density at radius 3 is 3.00 bits per heavy atom. The lowest BCUT2D eigenvalue weighted by Gasteiger charge is -2.35. The van der Waals surface area contributed by atoms with Crippen molar-refractivity contribution >= 4 is 11.6 Å². The van der Waals surface area contributed by atoms with Gasteiger partial charge in [0.25, 0.3) is 11.6 Å². The number of piperidine rings is 1. The second-order valence-electron chi connectivity index (χ2n) is 4.75. The van der Waals surface area contributed by atoms with Crippen molar-refractivity contribution in [2.45, 2.75) is 31.7 Å². The largest absolute Gasteiger partial charge is 0.351 e. The van der Waals surface area contributed by atoms with E-state index in [9.17, 15) is 14.9 Å². The van der Waals surface area contributed by atoms with Crippen LogP contribution in [0.2, 0.25) is 0 Å². The van der Waals surface area contributed by atoms with Crippen LogP contribution in [0.3, 0.4) is 0 Å². The number of nitro groups is 1. The van der Waals surface area contributed by atoms with Gasteiger partial charge in [-0.05, 0) is 32.2 Å². The van der Waals surface area contributed by atoms with Crippen molar-refractivity contribution in [3.8, 4) is 0 Å². The van der Waals surface area contributed by atoms with Gasteiger partial charge in [-0.15, -0.1) is 0 Å². The van der Waals surface area contributed by atoms with Gasteiger partial charge in [-0.2, -0.15) is 0 Å². The maximum atomic E-state index is 12.4. The summed E-state index contributed by atoms with van der Waals surface area (Å²) in [5.74, 6) is -0.175. The van der Waals surface area contributed by atoms with Gasteiger partial charge < -0.3 is 15.6 Å². The molecule has 0 aliphatic carbocycles. The molecule has 0 spiro atoms. The van der Waals surface area contributed by atoms with Crippen LogP contribution in [-0.4, -0.2) is 39.8 Å². The van der Waals surface area contributed by atoms with Gasteiger partial charge >= 0.3 is 0 Å². The van der Waals surface area contributed by atoms with Gasteiger partial charge in [0.15, 0.2) is 0 Å². The lowest BCUT2D eigenvalue weighted by Crippen LogP contribution is -2.44. The molecular formula is C12H18N4O3. The number of likely N-dealkylation sites (tertiary alicyclic amines) is 1. The van der Waals surface area contributed by atoms with Crippen LogP contribution in [0.15, 0.2) is 12.3 Å². The van der Waals surface area contributed by atoms with Crippen LogP contribution >= 0.6 is 0 Å². The smallest absolute Gasteiger partial charge is 0.287 e. The van der Waals surface area contributed by atoms with Crippen LogP contribution in [0.4, 0.5) is 5.69 Å². The molecule has 19 heavy (non-hydrogen) atoms. The van der Waals surface area contributed by atoms with Gasteiger partial charge in [0.1, 0.15) is 5.69 Å². The number of aromatic nitrogens is 1. The van der Waals surface area contributed by atoms with E-state index in [-0.39, 0.29) is 23.3 Å². The first-order chi connectivity index (χ1) is 9.13. The number of nitrogens with one attached hydrogen (secondary N) is 1. The molecule has 0 saturated carbocycles. The zero-order valence-corrected chi connectivity index (χ0v) is 10.7. The van der Waals surface area contributed by atoms with Crippen molar-refractivity contribution in [1.82, 2.24) is 9.88 Å². The van der Waals surface area contributed by atoms with E-state index in [4.69, 9.17) is 5.73 Å². The highest BCUT2D eigenvalue weighted by atomic mass is 16.6. The molecule has 1 aromatic heterocycles. The molecule has 1 saturated heterocycles. The van der Waals surface area contributed by atoms with Gasteiger partial charge in [-0.3, -0.25) is 14.9 Å². The fourth-order valence-corrected chi connectivity index (χ4v) is 2.53. The Bertz CT molecular complexity index is 469. The third-order valence-corrected chi connectivity index (χ3v) is 3.50. The fourth-order valence-electron chi connectivity index (χ4n) is 2.53. The quantitative estimate of drug-likeness (QED) is 0.632. The summed E-state index contributed by atoms with van der Waals surface area (Å²) in [5, 5.41) is 10.6. The maximum Gasteiger partial charge on any atom is 0.287 e. The van der Waals surface area contributed by atoms with Crippen LogP contribution < -0.4 is 5.73 Å². The summed E-state index contributed by atoms with van der Waals surface area (Å²) in [6.07, 6.45) is 5.03. The van der Waals surface area contributed by atoms with E-state index in [2.05, 4.69) is 4.98 Å². The van der Waals surface area contributed by atoms with E-state index in [0.29, 0.717) is 13.1 Å². The predicted octanol–water partition coefficient (Wildman–Crippen LogP) is 1.27. The van der Waals surface area contributed by atoms with Gasteiger partial charge in [0.2, 0.25) is 0 Å². The van der Waals surface area contributed by atoms with Gasteiger partial charge in [0.05, 0.1) is 11.1 Å². The highest BCUT2D eigenvalue weighted by molar-refractivity contribution is 5.93. The van der Waals surface area contributed by atoms with Crippen LogP contribution in [0, 0.1) is 10.1 Å². The summed E-state index contributed by atoms with van der Waals surface area (Å²) in [4.78, 5) is 26.9. The Hall–Kier alpha value is -1.89. The SMILES string of the molecule is NCCC1CCCCN1C(=O)c1cc([N+](=O)[O-])c[nH]1. The number of H-pyrrole nitrogens is 1. The maximum absolute atomic E-state index is 12.4. The number of hydrogen-bond donors (Lipinski definition) is 2. The molecule has 7 nitrogen and oxygen atoms in total. The summed E-state index contributed by atoms with van der Waals surface area (Å²) >= 11 is 0. The normalized spacial score (nSPS) is 19.4. The van der Waals surface area contributed by atoms with Crippen molar-refractivity contribution in [3.05, 3.63) is 28.1 Å². The molecule has 104 valence electrons. The molecule has 1 unspecified atom stereocenters. The zero-order valence-electron chi connectivity index (χ0n) is 10.7. The number of aromatic amines is 1. The molecule has 0 radical (unpaired) electrons. The van der Waals surface area contributed by atoms with Crippen molar-refractivity contribution in [1.29, 1.82) is 0 Å². The summed E-state index contributed by atoms with van der Waals surface area (Å²) in [7, 11) is 0. The molecule has 1 amide bonds. The first-order valence-corrected chi connectivity index (χ1v) is 6.47. The van der Waals surface area contributed by atoms with E-state index < -0.39 is 4.92 Å². The summed E-state index contributed by atoms with van der Waals surface area (Å²) in [5.41, 5.74) is 5.76. The van der Waals surface area contributed by atoms with E-state index in [0.717, 1.165) is 25.7 Å². The molecule has 1 aliphatic rings. The first kappa shape index (κ1) is 13.5. The van der Waals surface area contributed by atoms with Crippen molar-refractivity contribution in [2.75, 3.05) is 13.1 Å². The van der Waals surface area contributed by atoms with E-state index >= 15 is 0 Å². The Morgan fingerprint density at radius 2 is 2.37 bits per heavy atom. The number of amides is 1. The molecule has 0 aromatic carbocycles. The number of carbonyl (C=O) groups excluding carboxylic acids is 1. The van der Waals surface area contributed by atoms with E-state index in [1.165, 1.54) is 12.3 Å². The third kappa shape index (κ3) is 2.93. The number of hydrogen-bond acceptors (Lipinski definition) is 4. The highest BCUT2D eigenvalue weighted by Gasteiger charge is 2.28. The highest BCUT2D eigenvalue weighted by Crippen LogP contribution is 2.22. The first-order valence-electron chi connectivity index (χ1n) is 6.47. The van der Waals surface area contributed by atoms with Crippen LogP contribution in [0.5, 0.6) is 0 Å². The Labute approximate surface area is 110 Å². The summed E-state index contributed by atoms with van der Waals surface area (Å²) in [6.45, 7) is 1.23. The zero-order chi connectivity index (χ0) is 13.8. The molecule has 1 aliphatic heterocycles. The van der Waals surface area contributed by atoms with E-state index in [1.807, 2.05) is 0 Å². The molecule has 3 N–H and O–H groups in total. The fraction of sp³-hybridized carbons (Fsp3) is 0.583. The number of rotatable bonds is 4. The molecular weight excluding hydrogens is 248 g/mol. The molecule has 2 rings (SSSR count). The van der Waals surface area contributed by atoms with Gasteiger partial charge in [0, 0.05) is 18.7 Å². The molecule has 2 heterocycles. The molecule has 1 fully saturated rings. The lowest BCUT2D eigenvalue weighted by atomic mass is 9.99. The molecule has 1 atom stereocenters. The Kier molecular flexibility index (Phi) is 4.16. The third-order valence-electron chi connectivity index (χ3n) is 3.50. The molecule has 7 heteroatoms. The number of carbonyl (C=O) groups is 1. The minimum Gasteiger partial charge on any atom is -0.351 e. The number of nitrogens with two attached hydrogens (primary N) is 1. The summed E-state index contributed by atoms with van der Waals surface area (Å²) in [6, 6.07) is 1.43. The molecule has 0 bridgehead atoms. The van der Waals surface area contributed by atoms with Crippen LogP contribution in [0.1, 0.15) is 36.2 Å². The second kappa shape index (κ2) is 5.83. The standard InChI is InChI=1S/C12H18N4O3/c13-5-4-9-3-1-2-6-15(9)12(17)11-7-10(8-14-11)16(18)19/h7-9,14H,1-6,13H2. The predicted molar refractivity (Wildman–Crippen MR) is 69.8 cm³/mol. The van der Waals surface area contributed by atoms with Crippen molar-refractivity contribution < 1.29 is 9.72 Å². The second-order valence-corrected chi connectivity index (χ2v) is 4.75. The van der Waals surface area contributed by atoms with Crippen molar-refractivity contribution in [3.63, 3.8) is 0 Å². The minimum absolute atomic E-state index is 0.0873. The summed E-state index contributed by atoms with van der Waals surface area (Å²) < 4.78 is 0. The Morgan fingerprint density at radius 1 is 1.58 bits per heavy atom. The Balaban J connectivity index is 2.13. The average molecular weight is 266 g/mol.